The molecule has 1 saturated heterocycles. The van der Waals surface area contributed by atoms with E-state index in [1.165, 1.54) is 12.1 Å². The Bertz CT molecular complexity index is 594. The van der Waals surface area contributed by atoms with E-state index >= 15 is 0 Å². The summed E-state index contributed by atoms with van der Waals surface area (Å²) >= 11 is 0. The highest BCUT2D eigenvalue weighted by Gasteiger charge is 2.60. The predicted molar refractivity (Wildman–Crippen MR) is 82.2 cm³/mol. The van der Waals surface area contributed by atoms with Crippen molar-refractivity contribution in [2.75, 3.05) is 20.2 Å². The van der Waals surface area contributed by atoms with Gasteiger partial charge in [-0.2, -0.15) is 13.2 Å². The summed E-state index contributed by atoms with van der Waals surface area (Å²) in [6.45, 7) is 4.39. The fraction of sp³-hybridized carbons (Fsp3) is 0.562. The number of alkyl halides is 3. The Balaban J connectivity index is 2.45. The highest BCUT2D eigenvalue weighted by Crippen LogP contribution is 2.52. The Hall–Kier alpha value is -1.76. The number of phenols is 1. The molecule has 1 aliphatic rings. The average Bonchev–Trinajstić information content (AvgIpc) is 2.97. The lowest BCUT2D eigenvalue weighted by Crippen LogP contribution is -2.41. The van der Waals surface area contributed by atoms with Crippen molar-refractivity contribution in [1.82, 2.24) is 4.90 Å². The minimum Gasteiger partial charge on any atom is -0.507 e. The van der Waals surface area contributed by atoms with Crippen molar-refractivity contribution < 1.29 is 23.0 Å². The van der Waals surface area contributed by atoms with Crippen molar-refractivity contribution in [3.63, 3.8) is 0 Å². The molecule has 0 aliphatic carbocycles. The van der Waals surface area contributed by atoms with E-state index in [0.717, 1.165) is 6.54 Å². The molecule has 1 atom stereocenters. The quantitative estimate of drug-likeness (QED) is 0.673. The van der Waals surface area contributed by atoms with Gasteiger partial charge in [0.2, 0.25) is 0 Å². The minimum absolute atomic E-state index is 0.0270. The lowest BCUT2D eigenvalue weighted by molar-refractivity contribution is -0.269. The summed E-state index contributed by atoms with van der Waals surface area (Å²) in [5, 5.41) is 10.2. The van der Waals surface area contributed by atoms with Crippen LogP contribution in [0.4, 0.5) is 18.9 Å². The van der Waals surface area contributed by atoms with Crippen LogP contribution in [0.2, 0.25) is 0 Å². The standard InChI is InChI=1S/C16H21F3N2O2/c1-4-21(3)10-20-13-9-14(22)12(8-11(13)2)15(16(17,18)19)6-5-7-23-15/h8-10,22H,4-7H2,1-3H3/b20-10+. The SMILES string of the molecule is CCN(C)/C=N/c1cc(O)c(C2(C(F)(F)F)CCCO2)cc1C. The van der Waals surface area contributed by atoms with E-state index in [1.54, 1.807) is 13.3 Å². The molecule has 0 aromatic heterocycles. The molecule has 1 aliphatic heterocycles. The van der Waals surface area contributed by atoms with E-state index in [0.29, 0.717) is 17.7 Å². The van der Waals surface area contributed by atoms with Crippen molar-refractivity contribution in [1.29, 1.82) is 0 Å². The smallest absolute Gasteiger partial charge is 0.421 e. The fourth-order valence-corrected chi connectivity index (χ4v) is 2.62. The molecule has 1 aromatic carbocycles. The lowest BCUT2D eigenvalue weighted by Gasteiger charge is -2.32. The molecule has 7 heteroatoms. The first-order chi connectivity index (χ1) is 10.7. The van der Waals surface area contributed by atoms with Crippen molar-refractivity contribution in [3.05, 3.63) is 23.3 Å². The molecule has 0 amide bonds. The molecule has 2 rings (SSSR count). The van der Waals surface area contributed by atoms with Gasteiger partial charge in [0.1, 0.15) is 5.75 Å². The van der Waals surface area contributed by atoms with Crippen molar-refractivity contribution in [2.45, 2.75) is 38.5 Å². The maximum Gasteiger partial charge on any atom is 0.421 e. The van der Waals surface area contributed by atoms with Gasteiger partial charge in [-0.15, -0.1) is 0 Å². The number of hydrogen-bond donors (Lipinski definition) is 1. The molecule has 128 valence electrons. The first-order valence-electron chi connectivity index (χ1n) is 7.50. The monoisotopic (exact) mass is 330 g/mol. The third kappa shape index (κ3) is 3.29. The zero-order valence-electron chi connectivity index (χ0n) is 13.4. The summed E-state index contributed by atoms with van der Waals surface area (Å²) in [5.41, 5.74) is -1.67. The Morgan fingerprint density at radius 3 is 2.65 bits per heavy atom. The van der Waals surface area contributed by atoms with Crippen LogP contribution in [0, 0.1) is 6.92 Å². The highest BCUT2D eigenvalue weighted by molar-refractivity contribution is 5.65. The van der Waals surface area contributed by atoms with E-state index < -0.39 is 17.5 Å². The second-order valence-electron chi connectivity index (χ2n) is 5.75. The summed E-state index contributed by atoms with van der Waals surface area (Å²) in [4.78, 5) is 6.03. The second-order valence-corrected chi connectivity index (χ2v) is 5.75. The average molecular weight is 330 g/mol. The summed E-state index contributed by atoms with van der Waals surface area (Å²) in [5.74, 6) is -0.443. The van der Waals surface area contributed by atoms with Crippen molar-refractivity contribution >= 4 is 12.0 Å². The molecule has 1 heterocycles. The topological polar surface area (TPSA) is 45.1 Å². The molecule has 1 fully saturated rings. The van der Waals surface area contributed by atoms with Gasteiger partial charge in [0.05, 0.1) is 12.0 Å². The van der Waals surface area contributed by atoms with Crippen LogP contribution in [-0.2, 0) is 10.3 Å². The van der Waals surface area contributed by atoms with Gasteiger partial charge in [0.25, 0.3) is 0 Å². The number of aromatic hydroxyl groups is 1. The summed E-state index contributed by atoms with van der Waals surface area (Å²) in [6, 6.07) is 2.59. The van der Waals surface area contributed by atoms with Crippen LogP contribution < -0.4 is 0 Å². The zero-order valence-corrected chi connectivity index (χ0v) is 13.4. The van der Waals surface area contributed by atoms with Gasteiger partial charge in [-0.05, 0) is 38.3 Å². The number of hydrogen-bond acceptors (Lipinski definition) is 3. The largest absolute Gasteiger partial charge is 0.507 e. The van der Waals surface area contributed by atoms with Crippen LogP contribution in [0.1, 0.15) is 30.9 Å². The van der Waals surface area contributed by atoms with E-state index in [4.69, 9.17) is 4.74 Å². The van der Waals surface area contributed by atoms with Gasteiger partial charge in [-0.25, -0.2) is 4.99 Å². The first kappa shape index (κ1) is 17.6. The number of aryl methyl sites for hydroxylation is 1. The summed E-state index contributed by atoms with van der Waals surface area (Å²) < 4.78 is 45.7. The molecule has 1 unspecified atom stereocenters. The highest BCUT2D eigenvalue weighted by atomic mass is 19.4. The maximum absolute atomic E-state index is 13.5. The van der Waals surface area contributed by atoms with Gasteiger partial charge in [-0.3, -0.25) is 0 Å². The minimum atomic E-state index is -4.58. The Kier molecular flexibility index (Phi) is 4.89. The second kappa shape index (κ2) is 6.39. The number of aliphatic imine (C=N–C) groups is 1. The molecule has 1 aromatic rings. The number of halogens is 3. The van der Waals surface area contributed by atoms with E-state index in [9.17, 15) is 18.3 Å². The normalized spacial score (nSPS) is 22.0. The van der Waals surface area contributed by atoms with Crippen LogP contribution in [0.25, 0.3) is 0 Å². The number of ether oxygens (including phenoxy) is 1. The maximum atomic E-state index is 13.5. The molecule has 0 saturated carbocycles. The van der Waals surface area contributed by atoms with Crippen LogP contribution in [0.15, 0.2) is 17.1 Å². The van der Waals surface area contributed by atoms with Gasteiger partial charge in [-0.1, -0.05) is 0 Å². The summed E-state index contributed by atoms with van der Waals surface area (Å²) in [6.07, 6.45) is -2.89. The fourth-order valence-electron chi connectivity index (χ4n) is 2.62. The third-order valence-electron chi connectivity index (χ3n) is 4.12. The summed E-state index contributed by atoms with van der Waals surface area (Å²) in [7, 11) is 1.83. The van der Waals surface area contributed by atoms with Gasteiger partial charge in [0, 0.05) is 31.8 Å². The molecule has 23 heavy (non-hydrogen) atoms. The molecule has 0 spiro atoms. The number of benzene rings is 1. The van der Waals surface area contributed by atoms with Gasteiger partial charge < -0.3 is 14.7 Å². The molecule has 4 nitrogen and oxygen atoms in total. The number of phenolic OH excluding ortho intramolecular Hbond substituents is 1. The number of rotatable bonds is 4. The van der Waals surface area contributed by atoms with E-state index in [1.807, 2.05) is 18.9 Å². The molecular weight excluding hydrogens is 309 g/mol. The van der Waals surface area contributed by atoms with Crippen molar-refractivity contribution in [2.24, 2.45) is 4.99 Å². The molecule has 0 bridgehead atoms. The molecular formula is C16H21F3N2O2. The van der Waals surface area contributed by atoms with E-state index in [2.05, 4.69) is 4.99 Å². The number of nitrogens with zero attached hydrogens (tertiary/aromatic N) is 2. The van der Waals surface area contributed by atoms with Crippen LogP contribution in [0.5, 0.6) is 5.75 Å². The molecule has 0 radical (unpaired) electrons. The van der Waals surface area contributed by atoms with Crippen molar-refractivity contribution in [3.8, 4) is 5.75 Å². The van der Waals surface area contributed by atoms with E-state index in [-0.39, 0.29) is 18.6 Å². The van der Waals surface area contributed by atoms with Crippen LogP contribution in [-0.4, -0.2) is 42.7 Å². The Morgan fingerprint density at radius 1 is 1.43 bits per heavy atom. The molecule has 1 N–H and O–H groups in total. The van der Waals surface area contributed by atoms with Gasteiger partial charge in [0.15, 0.2) is 5.60 Å². The Labute approximate surface area is 133 Å². The van der Waals surface area contributed by atoms with Crippen LogP contribution >= 0.6 is 0 Å². The predicted octanol–water partition coefficient (Wildman–Crippen LogP) is 3.88. The lowest BCUT2D eigenvalue weighted by atomic mass is 9.88. The Morgan fingerprint density at radius 2 is 2.13 bits per heavy atom. The van der Waals surface area contributed by atoms with Crippen LogP contribution in [0.3, 0.4) is 0 Å². The first-order valence-corrected chi connectivity index (χ1v) is 7.50. The third-order valence-corrected chi connectivity index (χ3v) is 4.12. The zero-order chi connectivity index (χ0) is 17.3. The van der Waals surface area contributed by atoms with Gasteiger partial charge >= 0.3 is 6.18 Å².